The third kappa shape index (κ3) is 7.33. The zero-order chi connectivity index (χ0) is 28.9. The van der Waals surface area contributed by atoms with Gasteiger partial charge in [-0.2, -0.15) is 24.3 Å². The van der Waals surface area contributed by atoms with Gasteiger partial charge in [-0.1, -0.05) is 108 Å². The molecule has 0 nitrogen and oxygen atoms in total. The van der Waals surface area contributed by atoms with Crippen molar-refractivity contribution in [1.29, 1.82) is 0 Å². The molecular formula is C40H32Cl2SiZr-2. The predicted octanol–water partition coefficient (Wildman–Crippen LogP) is 5.55. The van der Waals surface area contributed by atoms with E-state index in [4.69, 9.17) is 0 Å². The van der Waals surface area contributed by atoms with Gasteiger partial charge in [0, 0.05) is 0 Å². The van der Waals surface area contributed by atoms with Crippen molar-refractivity contribution in [3.8, 4) is 22.3 Å². The van der Waals surface area contributed by atoms with Gasteiger partial charge in [0.2, 0.25) is 0 Å². The summed E-state index contributed by atoms with van der Waals surface area (Å²) in [5.41, 5.74) is 5.48. The van der Waals surface area contributed by atoms with Crippen molar-refractivity contribution < 1.29 is 48.1 Å². The van der Waals surface area contributed by atoms with Crippen LogP contribution >= 0.6 is 0 Å². The summed E-state index contributed by atoms with van der Waals surface area (Å²) >= 11 is 1.74. The Kier molecular flexibility index (Phi) is 12.0. The maximum atomic E-state index is 2.31. The van der Waals surface area contributed by atoms with Crippen LogP contribution in [0.1, 0.15) is 0 Å². The average molecular weight is 703 g/mol. The van der Waals surface area contributed by atoms with Crippen molar-refractivity contribution in [3.63, 3.8) is 0 Å². The Morgan fingerprint density at radius 2 is 0.727 bits per heavy atom. The molecule has 44 heavy (non-hydrogen) atoms. The zero-order valence-corrected chi connectivity index (χ0v) is 29.7. The first-order valence-corrected chi connectivity index (χ1v) is 20.6. The fraction of sp³-hybridized carbons (Fsp3) is 0.0500. The minimum absolute atomic E-state index is 0. The number of hydrogen-bond donors (Lipinski definition) is 0. The molecule has 0 saturated carbocycles. The Balaban J connectivity index is 0.000000172. The number of halogens is 2. The van der Waals surface area contributed by atoms with Crippen LogP contribution in [-0.4, -0.2) is 5.43 Å². The topological polar surface area (TPSA) is 0 Å². The molecule has 8 aromatic carbocycles. The molecule has 0 unspecified atom stereocenters. The molecule has 0 aliphatic carbocycles. The van der Waals surface area contributed by atoms with E-state index in [0.717, 1.165) is 0 Å². The largest absolute Gasteiger partial charge is 1.00 e. The van der Waals surface area contributed by atoms with Crippen molar-refractivity contribution in [2.24, 2.45) is 0 Å². The number of fused-ring (bicyclic) bond motifs is 4. The summed E-state index contributed by atoms with van der Waals surface area (Å²) in [6, 6.07) is 56.2. The third-order valence-electron chi connectivity index (χ3n) is 7.52. The molecule has 0 fully saturated rings. The van der Waals surface area contributed by atoms with Gasteiger partial charge in [0.25, 0.3) is 0 Å². The monoisotopic (exact) mass is 700 g/mol. The van der Waals surface area contributed by atoms with Gasteiger partial charge in [-0.15, -0.1) is 57.9 Å². The van der Waals surface area contributed by atoms with Crippen LogP contribution in [0.5, 0.6) is 0 Å². The van der Waals surface area contributed by atoms with Crippen LogP contribution in [-0.2, 0) is 23.3 Å². The maximum Gasteiger partial charge on any atom is -0.0114 e. The first kappa shape index (κ1) is 33.6. The standard InChI is InChI=1S/2C19H13.C2H6Si.2ClH.Zr/c2*1-2-10-16-14(6-1)8-4-12-18(16)19-13-5-9-15-7-3-11-17(15)19;1-3-2;;;/h2*1-13H;1-2H3;2*1H;/q2*-1;;;;+2/p-2. The molecule has 0 radical (unpaired) electrons. The third-order valence-corrected chi connectivity index (χ3v) is 7.52. The molecule has 0 aliphatic rings. The zero-order valence-electron chi connectivity index (χ0n) is 24.8. The Labute approximate surface area is 287 Å². The van der Waals surface area contributed by atoms with Crippen LogP contribution < -0.4 is 24.8 Å². The second-order valence-electron chi connectivity index (χ2n) is 10.7. The van der Waals surface area contributed by atoms with Gasteiger partial charge in [0.15, 0.2) is 0 Å². The van der Waals surface area contributed by atoms with Crippen LogP contribution in [0.25, 0.3) is 65.3 Å². The summed E-state index contributed by atoms with van der Waals surface area (Å²) in [5, 5.41) is 10.5. The summed E-state index contributed by atoms with van der Waals surface area (Å²) < 4.78 is 0. The first-order valence-electron chi connectivity index (χ1n) is 14.4. The Hall–Kier alpha value is -3.26. The smallest absolute Gasteiger partial charge is 0.0114 e. The maximum absolute atomic E-state index is 2.31. The molecule has 0 aromatic heterocycles. The van der Waals surface area contributed by atoms with E-state index in [1.807, 2.05) is 0 Å². The molecule has 4 heteroatoms. The van der Waals surface area contributed by atoms with Crippen LogP contribution in [0.3, 0.4) is 0 Å². The number of benzene rings is 6. The normalized spacial score (nSPS) is 10.3. The molecular weight excluding hydrogens is 671 g/mol. The predicted molar refractivity (Wildman–Crippen MR) is 182 cm³/mol. The van der Waals surface area contributed by atoms with Crippen molar-refractivity contribution in [3.05, 3.63) is 158 Å². The van der Waals surface area contributed by atoms with E-state index in [1.165, 1.54) is 65.3 Å². The van der Waals surface area contributed by atoms with E-state index < -0.39 is 0 Å². The summed E-state index contributed by atoms with van der Waals surface area (Å²) in [6.07, 6.45) is 0. The molecule has 216 valence electrons. The SMILES string of the molecule is C[Si](C)=[Zr+2].[Cl-].[Cl-].c1ccc2c(-c3cccc4[cH-]ccc34)cccc2c1.c1ccc2c(-c3cccc4[cH-]ccc34)cccc2c1. The van der Waals surface area contributed by atoms with E-state index in [1.54, 1.807) is 23.3 Å². The molecule has 0 atom stereocenters. The second kappa shape index (κ2) is 15.6. The first-order chi connectivity index (χ1) is 20.6. The Morgan fingerprint density at radius 1 is 0.409 bits per heavy atom. The van der Waals surface area contributed by atoms with Crippen LogP contribution in [0.4, 0.5) is 0 Å². The van der Waals surface area contributed by atoms with Crippen molar-refractivity contribution in [1.82, 2.24) is 0 Å². The van der Waals surface area contributed by atoms with E-state index in [0.29, 0.717) is 0 Å². The van der Waals surface area contributed by atoms with E-state index in [-0.39, 0.29) is 30.2 Å². The van der Waals surface area contributed by atoms with Gasteiger partial charge in [-0.3, -0.25) is 0 Å². The number of hydrogen-bond acceptors (Lipinski definition) is 0. The molecule has 0 N–H and O–H groups in total. The van der Waals surface area contributed by atoms with Gasteiger partial charge in [-0.05, 0) is 32.7 Å². The van der Waals surface area contributed by atoms with Crippen molar-refractivity contribution in [2.75, 3.05) is 0 Å². The Bertz CT molecular complexity index is 1990. The summed E-state index contributed by atoms with van der Waals surface area (Å²) in [7, 11) is 0. The van der Waals surface area contributed by atoms with Gasteiger partial charge in [-0.25, -0.2) is 0 Å². The fourth-order valence-electron chi connectivity index (χ4n) is 5.72. The number of rotatable bonds is 2. The van der Waals surface area contributed by atoms with E-state index in [2.05, 4.69) is 171 Å². The molecule has 0 aliphatic heterocycles. The van der Waals surface area contributed by atoms with Crippen LogP contribution in [0.2, 0.25) is 13.1 Å². The quantitative estimate of drug-likeness (QED) is 0.164. The molecule has 0 heterocycles. The van der Waals surface area contributed by atoms with Gasteiger partial charge >= 0.3 is 41.9 Å². The minimum atomic E-state index is 0. The summed E-state index contributed by atoms with van der Waals surface area (Å²) in [6.45, 7) is 4.62. The molecule has 0 spiro atoms. The van der Waals surface area contributed by atoms with Crippen molar-refractivity contribution >= 4 is 48.5 Å². The van der Waals surface area contributed by atoms with E-state index in [9.17, 15) is 0 Å². The van der Waals surface area contributed by atoms with Gasteiger partial charge in [0.05, 0.1) is 0 Å². The van der Waals surface area contributed by atoms with Crippen LogP contribution in [0.15, 0.2) is 158 Å². The molecule has 0 saturated heterocycles. The molecule has 0 amide bonds. The Morgan fingerprint density at radius 3 is 1.14 bits per heavy atom. The van der Waals surface area contributed by atoms with Crippen LogP contribution in [0, 0.1) is 0 Å². The second-order valence-corrected chi connectivity index (χ2v) is 20.1. The molecule has 8 aromatic rings. The average Bonchev–Trinajstić information content (AvgIpc) is 3.71. The summed E-state index contributed by atoms with van der Waals surface area (Å²) in [5.74, 6) is 0. The minimum Gasteiger partial charge on any atom is -1.00 e. The van der Waals surface area contributed by atoms with Gasteiger partial charge in [0.1, 0.15) is 0 Å². The molecule has 0 bridgehead atoms. The van der Waals surface area contributed by atoms with Gasteiger partial charge < -0.3 is 24.8 Å². The van der Waals surface area contributed by atoms with Crippen molar-refractivity contribution in [2.45, 2.75) is 13.1 Å². The molecule has 8 rings (SSSR count). The van der Waals surface area contributed by atoms with E-state index >= 15 is 0 Å². The fourth-order valence-corrected chi connectivity index (χ4v) is 5.72. The summed E-state index contributed by atoms with van der Waals surface area (Å²) in [4.78, 5) is 0.